The third-order valence-corrected chi connectivity index (χ3v) is 2.96. The van der Waals surface area contributed by atoms with Gasteiger partial charge in [-0.25, -0.2) is 0 Å². The van der Waals surface area contributed by atoms with Crippen molar-refractivity contribution in [3.8, 4) is 0 Å². The summed E-state index contributed by atoms with van der Waals surface area (Å²) in [5.41, 5.74) is 1.86. The second-order valence-electron chi connectivity index (χ2n) is 4.70. The van der Waals surface area contributed by atoms with Crippen molar-refractivity contribution in [1.29, 1.82) is 0 Å². The van der Waals surface area contributed by atoms with E-state index < -0.39 is 5.97 Å². The minimum atomic E-state index is -0.966. The maximum Gasteiger partial charge on any atom is 0.317 e. The number of nitrogens with zero attached hydrogens (tertiary/aromatic N) is 1. The highest BCUT2D eigenvalue weighted by molar-refractivity contribution is 5.92. The van der Waals surface area contributed by atoms with Gasteiger partial charge in [-0.2, -0.15) is 0 Å². The first kappa shape index (κ1) is 17.1. The summed E-state index contributed by atoms with van der Waals surface area (Å²) in [6, 6.07) is 7.60. The summed E-state index contributed by atoms with van der Waals surface area (Å²) in [5.74, 6) is -1.20. The first-order valence-electron chi connectivity index (χ1n) is 6.87. The molecular formula is C15H22N2O4. The molecule has 1 rings (SSSR count). The Morgan fingerprint density at radius 2 is 2.10 bits per heavy atom. The van der Waals surface area contributed by atoms with Crippen molar-refractivity contribution in [2.45, 2.75) is 13.3 Å². The molecule has 0 spiro atoms. The fourth-order valence-electron chi connectivity index (χ4n) is 1.90. The fraction of sp³-hybridized carbons (Fsp3) is 0.467. The molecular weight excluding hydrogens is 272 g/mol. The monoisotopic (exact) mass is 294 g/mol. The van der Waals surface area contributed by atoms with Gasteiger partial charge in [0, 0.05) is 19.3 Å². The molecule has 6 heteroatoms. The fourth-order valence-corrected chi connectivity index (χ4v) is 1.90. The Morgan fingerprint density at radius 3 is 2.71 bits per heavy atom. The molecule has 0 radical (unpaired) electrons. The third kappa shape index (κ3) is 6.87. The standard InChI is InChI=1S/C15H22N2O4/c1-3-12-5-4-6-13(9-12)16-14(18)10-17(7-8-21-2)11-15(19)20/h4-6,9H,3,7-8,10-11H2,1-2H3,(H,16,18)(H,19,20). The Kier molecular flexibility index (Phi) is 7.42. The summed E-state index contributed by atoms with van der Waals surface area (Å²) >= 11 is 0. The Hall–Kier alpha value is -1.92. The lowest BCUT2D eigenvalue weighted by molar-refractivity contribution is -0.138. The lowest BCUT2D eigenvalue weighted by atomic mass is 10.1. The number of carboxylic acid groups (broad SMARTS) is 1. The van der Waals surface area contributed by atoms with Crippen LogP contribution >= 0.6 is 0 Å². The molecule has 116 valence electrons. The van der Waals surface area contributed by atoms with E-state index in [4.69, 9.17) is 9.84 Å². The van der Waals surface area contributed by atoms with Crippen LogP contribution in [0.5, 0.6) is 0 Å². The number of anilines is 1. The molecule has 2 N–H and O–H groups in total. The number of carbonyl (C=O) groups is 2. The molecule has 21 heavy (non-hydrogen) atoms. The van der Waals surface area contributed by atoms with E-state index in [-0.39, 0.29) is 19.0 Å². The van der Waals surface area contributed by atoms with Gasteiger partial charge in [-0.05, 0) is 24.1 Å². The van der Waals surface area contributed by atoms with Gasteiger partial charge in [-0.15, -0.1) is 0 Å². The Labute approximate surface area is 124 Å². The van der Waals surface area contributed by atoms with Crippen LogP contribution in [0.3, 0.4) is 0 Å². The number of carbonyl (C=O) groups excluding carboxylic acids is 1. The highest BCUT2D eigenvalue weighted by atomic mass is 16.5. The number of carboxylic acids is 1. The number of ether oxygens (including phenoxy) is 1. The summed E-state index contributed by atoms with van der Waals surface area (Å²) in [4.78, 5) is 24.3. The van der Waals surface area contributed by atoms with Crippen molar-refractivity contribution >= 4 is 17.6 Å². The topological polar surface area (TPSA) is 78.9 Å². The number of hydrogen-bond donors (Lipinski definition) is 2. The predicted molar refractivity (Wildman–Crippen MR) is 80.4 cm³/mol. The zero-order chi connectivity index (χ0) is 15.7. The van der Waals surface area contributed by atoms with Gasteiger partial charge in [0.05, 0.1) is 19.7 Å². The highest BCUT2D eigenvalue weighted by Crippen LogP contribution is 2.11. The zero-order valence-corrected chi connectivity index (χ0v) is 12.5. The van der Waals surface area contributed by atoms with E-state index in [0.717, 1.165) is 17.7 Å². The van der Waals surface area contributed by atoms with Crippen molar-refractivity contribution in [3.05, 3.63) is 29.8 Å². The molecule has 0 aliphatic carbocycles. The van der Waals surface area contributed by atoms with E-state index in [9.17, 15) is 9.59 Å². The molecule has 6 nitrogen and oxygen atoms in total. The van der Waals surface area contributed by atoms with E-state index in [0.29, 0.717) is 13.2 Å². The first-order chi connectivity index (χ1) is 10.0. The maximum atomic E-state index is 12.0. The summed E-state index contributed by atoms with van der Waals surface area (Å²) in [7, 11) is 1.54. The van der Waals surface area contributed by atoms with Crippen LogP contribution in [-0.4, -0.2) is 55.2 Å². The summed E-state index contributed by atoms with van der Waals surface area (Å²) < 4.78 is 4.92. The number of methoxy groups -OCH3 is 1. The number of nitrogens with one attached hydrogen (secondary N) is 1. The Bertz CT molecular complexity index is 476. The minimum Gasteiger partial charge on any atom is -0.480 e. The summed E-state index contributed by atoms with van der Waals surface area (Å²) in [5, 5.41) is 11.6. The molecule has 0 aromatic heterocycles. The van der Waals surface area contributed by atoms with Gasteiger partial charge < -0.3 is 15.2 Å². The predicted octanol–water partition coefficient (Wildman–Crippen LogP) is 1.22. The maximum absolute atomic E-state index is 12.0. The van der Waals surface area contributed by atoms with E-state index in [2.05, 4.69) is 5.32 Å². The van der Waals surface area contributed by atoms with Crippen LogP contribution in [0.15, 0.2) is 24.3 Å². The van der Waals surface area contributed by atoms with E-state index in [1.54, 1.807) is 0 Å². The number of hydrogen-bond acceptors (Lipinski definition) is 4. The van der Waals surface area contributed by atoms with Crippen LogP contribution < -0.4 is 5.32 Å². The molecule has 0 bridgehead atoms. The lowest BCUT2D eigenvalue weighted by Crippen LogP contribution is -2.38. The molecule has 1 aromatic carbocycles. The molecule has 0 aliphatic rings. The number of aliphatic carboxylic acids is 1. The molecule has 0 aliphatic heterocycles. The minimum absolute atomic E-state index is 0.0199. The van der Waals surface area contributed by atoms with Gasteiger partial charge in [-0.1, -0.05) is 19.1 Å². The van der Waals surface area contributed by atoms with Gasteiger partial charge in [-0.3, -0.25) is 14.5 Å². The second-order valence-corrected chi connectivity index (χ2v) is 4.70. The third-order valence-electron chi connectivity index (χ3n) is 2.96. The molecule has 0 fully saturated rings. The van der Waals surface area contributed by atoms with Gasteiger partial charge in [0.2, 0.25) is 5.91 Å². The molecule has 0 saturated heterocycles. The number of amides is 1. The van der Waals surface area contributed by atoms with Gasteiger partial charge >= 0.3 is 5.97 Å². The average molecular weight is 294 g/mol. The number of benzene rings is 1. The molecule has 1 aromatic rings. The van der Waals surface area contributed by atoms with Crippen LogP contribution in [0, 0.1) is 0 Å². The smallest absolute Gasteiger partial charge is 0.317 e. The van der Waals surface area contributed by atoms with Gasteiger partial charge in [0.1, 0.15) is 0 Å². The average Bonchev–Trinajstić information content (AvgIpc) is 2.44. The normalized spacial score (nSPS) is 10.6. The largest absolute Gasteiger partial charge is 0.480 e. The van der Waals surface area contributed by atoms with E-state index in [1.807, 2.05) is 31.2 Å². The number of rotatable bonds is 9. The van der Waals surface area contributed by atoms with Crippen molar-refractivity contribution < 1.29 is 19.4 Å². The van der Waals surface area contributed by atoms with Crippen molar-refractivity contribution in [3.63, 3.8) is 0 Å². The lowest BCUT2D eigenvalue weighted by Gasteiger charge is -2.19. The first-order valence-corrected chi connectivity index (χ1v) is 6.87. The number of aryl methyl sites for hydroxylation is 1. The second kappa shape index (κ2) is 9.10. The van der Waals surface area contributed by atoms with Crippen LogP contribution in [0.1, 0.15) is 12.5 Å². The Morgan fingerprint density at radius 1 is 1.33 bits per heavy atom. The van der Waals surface area contributed by atoms with Gasteiger partial charge in [0.25, 0.3) is 0 Å². The molecule has 1 amide bonds. The van der Waals surface area contributed by atoms with Crippen LogP contribution in [-0.2, 0) is 20.7 Å². The van der Waals surface area contributed by atoms with Gasteiger partial charge in [0.15, 0.2) is 0 Å². The van der Waals surface area contributed by atoms with Crippen molar-refractivity contribution in [1.82, 2.24) is 4.90 Å². The SMILES string of the molecule is CCc1cccc(NC(=O)CN(CCOC)CC(=O)O)c1. The molecule has 0 heterocycles. The zero-order valence-electron chi connectivity index (χ0n) is 12.5. The molecule has 0 atom stereocenters. The van der Waals surface area contributed by atoms with E-state index >= 15 is 0 Å². The van der Waals surface area contributed by atoms with Crippen LogP contribution in [0.2, 0.25) is 0 Å². The summed E-state index contributed by atoms with van der Waals surface area (Å²) in [6.45, 7) is 2.65. The quantitative estimate of drug-likeness (QED) is 0.716. The van der Waals surface area contributed by atoms with Crippen LogP contribution in [0.4, 0.5) is 5.69 Å². The Balaban J connectivity index is 2.57. The molecule has 0 saturated carbocycles. The van der Waals surface area contributed by atoms with Crippen molar-refractivity contribution in [2.75, 3.05) is 38.7 Å². The highest BCUT2D eigenvalue weighted by Gasteiger charge is 2.14. The van der Waals surface area contributed by atoms with E-state index in [1.165, 1.54) is 12.0 Å². The van der Waals surface area contributed by atoms with Crippen molar-refractivity contribution in [2.24, 2.45) is 0 Å². The van der Waals surface area contributed by atoms with Crippen LogP contribution in [0.25, 0.3) is 0 Å². The summed E-state index contributed by atoms with van der Waals surface area (Å²) in [6.07, 6.45) is 0.892. The molecule has 0 unspecified atom stereocenters.